The lowest BCUT2D eigenvalue weighted by Gasteiger charge is -2.36. The average Bonchev–Trinajstić information content (AvgIpc) is 2.93. The van der Waals surface area contributed by atoms with Crippen LogP contribution in [-0.4, -0.2) is 29.6 Å². The lowest BCUT2D eigenvalue weighted by molar-refractivity contribution is -0.156. The van der Waals surface area contributed by atoms with E-state index in [2.05, 4.69) is 9.88 Å². The Balaban J connectivity index is 1.71. The molecule has 1 aromatic heterocycles. The minimum absolute atomic E-state index is 0.0951. The zero-order valence-electron chi connectivity index (χ0n) is 15.1. The van der Waals surface area contributed by atoms with Gasteiger partial charge in [-0.25, -0.2) is 0 Å². The Bertz CT molecular complexity index is 622. The molecule has 0 amide bonds. The molecule has 2 heterocycles. The molecular weight excluding hydrogens is 302 g/mol. The first-order valence-corrected chi connectivity index (χ1v) is 9.06. The van der Waals surface area contributed by atoms with E-state index < -0.39 is 5.60 Å². The molecule has 24 heavy (non-hydrogen) atoms. The number of nitrogen functional groups attached to an aromatic ring is 1. The summed E-state index contributed by atoms with van der Waals surface area (Å²) in [4.78, 5) is 19.0. The van der Waals surface area contributed by atoms with Crippen molar-refractivity contribution in [3.05, 3.63) is 17.5 Å². The standard InChI is InChI=1S/C19H29N3O2/c1-19(2,3)24-17(23)10-13-6-5-9-22(12-13)18-14-7-4-8-16(14)21-11-15(18)20/h11,13H,4-10,12,20H2,1-3H3/t13-/m1/s1. The van der Waals surface area contributed by atoms with Crippen molar-refractivity contribution in [3.8, 4) is 0 Å². The maximum atomic E-state index is 12.1. The van der Waals surface area contributed by atoms with Crippen molar-refractivity contribution < 1.29 is 9.53 Å². The number of carbonyl (C=O) groups is 1. The molecule has 132 valence electrons. The largest absolute Gasteiger partial charge is 0.460 e. The van der Waals surface area contributed by atoms with Crippen LogP contribution in [0.1, 0.15) is 57.7 Å². The second-order valence-electron chi connectivity index (χ2n) is 8.09. The van der Waals surface area contributed by atoms with Crippen LogP contribution in [0.25, 0.3) is 0 Å². The number of rotatable bonds is 3. The van der Waals surface area contributed by atoms with Crippen LogP contribution in [0, 0.1) is 5.92 Å². The van der Waals surface area contributed by atoms with E-state index in [9.17, 15) is 4.79 Å². The molecule has 1 aliphatic carbocycles. The van der Waals surface area contributed by atoms with E-state index >= 15 is 0 Å². The van der Waals surface area contributed by atoms with E-state index in [1.165, 1.54) is 16.9 Å². The van der Waals surface area contributed by atoms with Crippen LogP contribution < -0.4 is 10.6 Å². The molecule has 0 bridgehead atoms. The SMILES string of the molecule is CC(C)(C)OC(=O)C[C@H]1CCCN(c2c(N)cnc3c2CCC3)C1. The number of fused-ring (bicyclic) bond motifs is 1. The van der Waals surface area contributed by atoms with E-state index in [1.807, 2.05) is 20.8 Å². The number of esters is 1. The smallest absolute Gasteiger partial charge is 0.306 e. The topological polar surface area (TPSA) is 68.5 Å². The number of pyridine rings is 1. The number of aryl methyl sites for hydroxylation is 1. The number of nitrogens with two attached hydrogens (primary N) is 1. The van der Waals surface area contributed by atoms with Gasteiger partial charge in [-0.1, -0.05) is 0 Å². The van der Waals surface area contributed by atoms with Gasteiger partial charge in [0.05, 0.1) is 24.0 Å². The fraction of sp³-hybridized carbons (Fsp3) is 0.684. The Morgan fingerprint density at radius 1 is 1.38 bits per heavy atom. The maximum absolute atomic E-state index is 12.1. The highest BCUT2D eigenvalue weighted by Gasteiger charge is 2.29. The predicted molar refractivity (Wildman–Crippen MR) is 96.1 cm³/mol. The highest BCUT2D eigenvalue weighted by Crippen LogP contribution is 2.37. The van der Waals surface area contributed by atoms with E-state index in [-0.39, 0.29) is 5.97 Å². The molecule has 1 aliphatic heterocycles. The highest BCUT2D eigenvalue weighted by molar-refractivity contribution is 5.73. The number of hydrogen-bond donors (Lipinski definition) is 1. The molecule has 0 radical (unpaired) electrons. The second kappa shape index (κ2) is 6.61. The molecule has 0 unspecified atom stereocenters. The van der Waals surface area contributed by atoms with Crippen LogP contribution in [0.2, 0.25) is 0 Å². The van der Waals surface area contributed by atoms with Crippen LogP contribution in [0.4, 0.5) is 11.4 Å². The van der Waals surface area contributed by atoms with Crippen molar-refractivity contribution in [1.82, 2.24) is 4.98 Å². The summed E-state index contributed by atoms with van der Waals surface area (Å²) in [5.74, 6) is 0.237. The zero-order chi connectivity index (χ0) is 17.3. The molecule has 1 aromatic rings. The maximum Gasteiger partial charge on any atom is 0.306 e. The van der Waals surface area contributed by atoms with Crippen LogP contribution in [-0.2, 0) is 22.4 Å². The molecule has 5 nitrogen and oxygen atoms in total. The lowest BCUT2D eigenvalue weighted by Crippen LogP contribution is -2.38. The Hall–Kier alpha value is -1.78. The number of carbonyl (C=O) groups excluding carboxylic acids is 1. The fourth-order valence-electron chi connectivity index (χ4n) is 3.94. The normalized spacial score (nSPS) is 20.8. The van der Waals surface area contributed by atoms with Crippen molar-refractivity contribution in [3.63, 3.8) is 0 Å². The van der Waals surface area contributed by atoms with Gasteiger partial charge in [0, 0.05) is 18.8 Å². The van der Waals surface area contributed by atoms with E-state index in [1.54, 1.807) is 6.20 Å². The van der Waals surface area contributed by atoms with E-state index in [0.717, 1.165) is 50.9 Å². The summed E-state index contributed by atoms with van der Waals surface area (Å²) >= 11 is 0. The molecule has 3 rings (SSSR count). The number of aromatic nitrogens is 1. The van der Waals surface area contributed by atoms with Crippen molar-refractivity contribution in [2.24, 2.45) is 5.92 Å². The number of ether oxygens (including phenoxy) is 1. The fourth-order valence-corrected chi connectivity index (χ4v) is 3.94. The van der Waals surface area contributed by atoms with Crippen molar-refractivity contribution in [2.75, 3.05) is 23.7 Å². The third-order valence-electron chi connectivity index (χ3n) is 4.82. The molecule has 1 saturated heterocycles. The van der Waals surface area contributed by atoms with Gasteiger partial charge in [0.25, 0.3) is 0 Å². The van der Waals surface area contributed by atoms with E-state index in [0.29, 0.717) is 12.3 Å². The molecule has 5 heteroatoms. The summed E-state index contributed by atoms with van der Waals surface area (Å²) < 4.78 is 5.49. The predicted octanol–water partition coefficient (Wildman–Crippen LogP) is 3.10. The molecule has 0 aromatic carbocycles. The van der Waals surface area contributed by atoms with Gasteiger partial charge >= 0.3 is 5.97 Å². The minimum atomic E-state index is -0.415. The summed E-state index contributed by atoms with van der Waals surface area (Å²) in [5.41, 5.74) is 10.3. The summed E-state index contributed by atoms with van der Waals surface area (Å²) in [6, 6.07) is 0. The highest BCUT2D eigenvalue weighted by atomic mass is 16.6. The Morgan fingerprint density at radius 3 is 2.92 bits per heavy atom. The number of hydrogen-bond acceptors (Lipinski definition) is 5. The van der Waals surface area contributed by atoms with Gasteiger partial charge in [-0.15, -0.1) is 0 Å². The van der Waals surface area contributed by atoms with Gasteiger partial charge in [0.1, 0.15) is 5.60 Å². The van der Waals surface area contributed by atoms with Crippen molar-refractivity contribution >= 4 is 17.3 Å². The van der Waals surface area contributed by atoms with Crippen LogP contribution >= 0.6 is 0 Å². The van der Waals surface area contributed by atoms with Crippen molar-refractivity contribution in [2.45, 2.75) is 64.9 Å². The van der Waals surface area contributed by atoms with Gasteiger partial charge in [0.2, 0.25) is 0 Å². The molecule has 1 fully saturated rings. The van der Waals surface area contributed by atoms with Gasteiger partial charge in [-0.3, -0.25) is 9.78 Å². The van der Waals surface area contributed by atoms with Gasteiger partial charge < -0.3 is 15.4 Å². The number of piperidine rings is 1. The van der Waals surface area contributed by atoms with E-state index in [4.69, 9.17) is 10.5 Å². The minimum Gasteiger partial charge on any atom is -0.460 e. The summed E-state index contributed by atoms with van der Waals surface area (Å²) in [6.45, 7) is 7.63. The third-order valence-corrected chi connectivity index (χ3v) is 4.82. The average molecular weight is 331 g/mol. The Labute approximate surface area is 144 Å². The monoisotopic (exact) mass is 331 g/mol. The van der Waals surface area contributed by atoms with Gasteiger partial charge in [0.15, 0.2) is 0 Å². The van der Waals surface area contributed by atoms with Gasteiger partial charge in [-0.2, -0.15) is 0 Å². The first kappa shape index (κ1) is 17.1. The quantitative estimate of drug-likeness (QED) is 0.862. The van der Waals surface area contributed by atoms with Gasteiger partial charge in [-0.05, 0) is 64.4 Å². The third kappa shape index (κ3) is 3.82. The molecular formula is C19H29N3O2. The lowest BCUT2D eigenvalue weighted by atomic mass is 9.93. The number of anilines is 2. The zero-order valence-corrected chi connectivity index (χ0v) is 15.1. The van der Waals surface area contributed by atoms with Crippen LogP contribution in [0.5, 0.6) is 0 Å². The Morgan fingerprint density at radius 2 is 2.17 bits per heavy atom. The number of nitrogens with zero attached hydrogens (tertiary/aromatic N) is 2. The first-order valence-electron chi connectivity index (χ1n) is 9.06. The molecule has 0 spiro atoms. The second-order valence-corrected chi connectivity index (χ2v) is 8.09. The molecule has 2 N–H and O–H groups in total. The Kier molecular flexibility index (Phi) is 4.70. The first-order chi connectivity index (χ1) is 11.3. The molecule has 2 aliphatic rings. The summed E-state index contributed by atoms with van der Waals surface area (Å²) in [6.07, 6.45) is 7.73. The summed E-state index contributed by atoms with van der Waals surface area (Å²) in [5, 5.41) is 0. The molecule has 0 saturated carbocycles. The van der Waals surface area contributed by atoms with Crippen molar-refractivity contribution in [1.29, 1.82) is 0 Å². The van der Waals surface area contributed by atoms with Crippen LogP contribution in [0.3, 0.4) is 0 Å². The molecule has 1 atom stereocenters. The summed E-state index contributed by atoms with van der Waals surface area (Å²) in [7, 11) is 0. The van der Waals surface area contributed by atoms with Crippen LogP contribution in [0.15, 0.2) is 6.20 Å².